The lowest BCUT2D eigenvalue weighted by molar-refractivity contribution is -0.0754. The topological polar surface area (TPSA) is 27.7 Å². The van der Waals surface area contributed by atoms with Crippen LogP contribution in [0.4, 0.5) is 0 Å². The third-order valence-corrected chi connectivity index (χ3v) is 3.50. The number of rotatable bonds is 7. The number of halogens is 4. The molecular formula is C11H12Cl3IO3. The van der Waals surface area contributed by atoms with Gasteiger partial charge in [0.25, 0.3) is 0 Å². The van der Waals surface area contributed by atoms with Gasteiger partial charge < -0.3 is 14.2 Å². The maximum atomic E-state index is 6.05. The number of ether oxygens (including phenoxy) is 3. The highest BCUT2D eigenvalue weighted by Crippen LogP contribution is 2.34. The van der Waals surface area contributed by atoms with Crippen molar-refractivity contribution in [2.45, 2.75) is 6.10 Å². The molecule has 1 atom stereocenters. The van der Waals surface area contributed by atoms with Crippen LogP contribution in [0.5, 0.6) is 5.75 Å². The van der Waals surface area contributed by atoms with E-state index in [1.54, 1.807) is 19.2 Å². The summed E-state index contributed by atoms with van der Waals surface area (Å²) in [5.74, 6) is 0.734. The summed E-state index contributed by atoms with van der Waals surface area (Å²) in [6.07, 6.45) is -0.280. The van der Waals surface area contributed by atoms with E-state index in [1.807, 2.05) is 0 Å². The minimum atomic E-state index is -0.280. The van der Waals surface area contributed by atoms with Gasteiger partial charge in [-0.1, -0.05) is 23.2 Å². The van der Waals surface area contributed by atoms with Gasteiger partial charge in [-0.25, -0.2) is 0 Å². The lowest BCUT2D eigenvalue weighted by Crippen LogP contribution is -2.24. The van der Waals surface area contributed by atoms with Crippen molar-refractivity contribution in [2.24, 2.45) is 0 Å². The monoisotopic (exact) mass is 424 g/mol. The molecule has 1 unspecified atom stereocenters. The molecule has 18 heavy (non-hydrogen) atoms. The van der Waals surface area contributed by atoms with Crippen molar-refractivity contribution >= 4 is 57.4 Å². The molecule has 0 heterocycles. The van der Waals surface area contributed by atoms with Gasteiger partial charge >= 0.3 is 0 Å². The fourth-order valence-corrected chi connectivity index (χ4v) is 2.91. The van der Waals surface area contributed by atoms with Crippen molar-refractivity contribution in [3.05, 3.63) is 25.7 Å². The van der Waals surface area contributed by atoms with Crippen LogP contribution in [-0.4, -0.2) is 32.5 Å². The number of hydrogen-bond acceptors (Lipinski definition) is 3. The molecule has 0 aliphatic carbocycles. The van der Waals surface area contributed by atoms with E-state index in [0.29, 0.717) is 21.7 Å². The Balaban J connectivity index is 2.62. The van der Waals surface area contributed by atoms with Gasteiger partial charge in [0.05, 0.1) is 15.9 Å². The average Bonchev–Trinajstić information content (AvgIpc) is 2.31. The van der Waals surface area contributed by atoms with Crippen LogP contribution in [0, 0.1) is 3.57 Å². The number of methoxy groups -OCH3 is 1. The van der Waals surface area contributed by atoms with Crippen LogP contribution in [0.1, 0.15) is 0 Å². The van der Waals surface area contributed by atoms with E-state index in [1.165, 1.54) is 0 Å². The molecule has 0 N–H and O–H groups in total. The van der Waals surface area contributed by atoms with Crippen molar-refractivity contribution in [2.75, 3.05) is 26.4 Å². The van der Waals surface area contributed by atoms with Gasteiger partial charge in [-0.3, -0.25) is 0 Å². The normalized spacial score (nSPS) is 12.5. The summed E-state index contributed by atoms with van der Waals surface area (Å²) in [6.45, 7) is 0.418. The maximum Gasteiger partial charge on any atom is 0.156 e. The molecule has 0 aliphatic heterocycles. The lowest BCUT2D eigenvalue weighted by Gasteiger charge is -2.17. The van der Waals surface area contributed by atoms with Gasteiger partial charge in [-0.2, -0.15) is 0 Å². The van der Waals surface area contributed by atoms with Crippen molar-refractivity contribution in [3.8, 4) is 5.75 Å². The molecule has 0 radical (unpaired) electrons. The molecule has 0 aliphatic rings. The van der Waals surface area contributed by atoms with E-state index in [0.717, 1.165) is 3.57 Å². The molecule has 0 aromatic heterocycles. The number of alkyl halides is 1. The van der Waals surface area contributed by atoms with Crippen LogP contribution in [0.15, 0.2) is 12.1 Å². The Morgan fingerprint density at radius 1 is 1.28 bits per heavy atom. The third-order valence-electron chi connectivity index (χ3n) is 1.97. The zero-order chi connectivity index (χ0) is 13.5. The lowest BCUT2D eigenvalue weighted by atomic mass is 10.3. The minimum absolute atomic E-state index is 0.162. The Morgan fingerprint density at radius 2 is 1.89 bits per heavy atom. The van der Waals surface area contributed by atoms with Gasteiger partial charge in [0.1, 0.15) is 19.5 Å². The van der Waals surface area contributed by atoms with Crippen molar-refractivity contribution < 1.29 is 14.2 Å². The third kappa shape index (κ3) is 5.27. The molecule has 0 bridgehead atoms. The zero-order valence-corrected chi connectivity index (χ0v) is 14.0. The molecule has 1 aromatic rings. The Kier molecular flexibility index (Phi) is 7.98. The SMILES string of the molecule is COCOC(CCl)COc1c(Cl)cc(I)cc1Cl. The maximum absolute atomic E-state index is 6.05. The van der Waals surface area contributed by atoms with Crippen LogP contribution in [0.25, 0.3) is 0 Å². The van der Waals surface area contributed by atoms with Crippen LogP contribution in [0.2, 0.25) is 10.0 Å². The molecule has 3 nitrogen and oxygen atoms in total. The highest BCUT2D eigenvalue weighted by molar-refractivity contribution is 14.1. The Morgan fingerprint density at radius 3 is 2.39 bits per heavy atom. The smallest absolute Gasteiger partial charge is 0.156 e. The predicted molar refractivity (Wildman–Crippen MR) is 82.1 cm³/mol. The van der Waals surface area contributed by atoms with Crippen LogP contribution < -0.4 is 4.74 Å². The molecule has 0 amide bonds. The summed E-state index contributed by atoms with van der Waals surface area (Å²) in [6, 6.07) is 3.55. The van der Waals surface area contributed by atoms with E-state index < -0.39 is 0 Å². The van der Waals surface area contributed by atoms with Gasteiger partial charge in [0, 0.05) is 10.7 Å². The van der Waals surface area contributed by atoms with Gasteiger partial charge in [0.2, 0.25) is 0 Å². The van der Waals surface area contributed by atoms with Gasteiger partial charge in [0.15, 0.2) is 5.75 Å². The first-order valence-electron chi connectivity index (χ1n) is 5.02. The minimum Gasteiger partial charge on any atom is -0.488 e. The Labute approximate surface area is 135 Å². The van der Waals surface area contributed by atoms with E-state index >= 15 is 0 Å². The van der Waals surface area contributed by atoms with Crippen LogP contribution in [-0.2, 0) is 9.47 Å². The molecule has 1 rings (SSSR count). The summed E-state index contributed by atoms with van der Waals surface area (Å²) >= 11 is 20.0. The summed E-state index contributed by atoms with van der Waals surface area (Å²) in [4.78, 5) is 0. The van der Waals surface area contributed by atoms with E-state index in [2.05, 4.69) is 22.6 Å². The summed E-state index contributed by atoms with van der Waals surface area (Å²) in [7, 11) is 1.54. The first-order chi connectivity index (χ1) is 8.58. The molecular weight excluding hydrogens is 413 g/mol. The largest absolute Gasteiger partial charge is 0.488 e. The zero-order valence-electron chi connectivity index (χ0n) is 9.59. The second-order valence-electron chi connectivity index (χ2n) is 3.36. The number of hydrogen-bond donors (Lipinski definition) is 0. The average molecular weight is 425 g/mol. The van der Waals surface area contributed by atoms with E-state index in [9.17, 15) is 0 Å². The Bertz CT molecular complexity index is 367. The molecule has 7 heteroatoms. The highest BCUT2D eigenvalue weighted by atomic mass is 127. The fourth-order valence-electron chi connectivity index (χ4n) is 1.14. The van der Waals surface area contributed by atoms with Crippen molar-refractivity contribution in [1.82, 2.24) is 0 Å². The van der Waals surface area contributed by atoms with Gasteiger partial charge in [-0.05, 0) is 34.7 Å². The quantitative estimate of drug-likeness (QED) is 0.372. The molecule has 102 valence electrons. The van der Waals surface area contributed by atoms with E-state index in [-0.39, 0.29) is 19.5 Å². The second kappa shape index (κ2) is 8.66. The standard InChI is InChI=1S/C11H12Cl3IO3/c1-16-6-18-8(4-12)5-17-11-9(13)2-7(15)3-10(11)14/h2-3,8H,4-6H2,1H3. The van der Waals surface area contributed by atoms with Gasteiger partial charge in [-0.15, -0.1) is 11.6 Å². The molecule has 0 saturated heterocycles. The first-order valence-corrected chi connectivity index (χ1v) is 7.39. The first kappa shape index (κ1) is 16.6. The number of benzene rings is 1. The summed E-state index contributed by atoms with van der Waals surface area (Å²) in [5.41, 5.74) is 0. The van der Waals surface area contributed by atoms with Crippen molar-refractivity contribution in [1.29, 1.82) is 0 Å². The molecule has 0 fully saturated rings. The molecule has 0 saturated carbocycles. The van der Waals surface area contributed by atoms with Crippen molar-refractivity contribution in [3.63, 3.8) is 0 Å². The summed E-state index contributed by atoms with van der Waals surface area (Å²) < 4.78 is 16.6. The highest BCUT2D eigenvalue weighted by Gasteiger charge is 2.13. The Hall–Kier alpha value is 0.540. The fraction of sp³-hybridized carbons (Fsp3) is 0.455. The van der Waals surface area contributed by atoms with E-state index in [4.69, 9.17) is 49.0 Å². The van der Waals surface area contributed by atoms with Crippen LogP contribution in [0.3, 0.4) is 0 Å². The summed E-state index contributed by atoms with van der Waals surface area (Å²) in [5, 5.41) is 0.930. The second-order valence-corrected chi connectivity index (χ2v) is 5.73. The molecule has 1 aromatic carbocycles. The predicted octanol–water partition coefficient (Wildman–Crippen LogP) is 4.20. The van der Waals surface area contributed by atoms with Crippen LogP contribution >= 0.6 is 57.4 Å². The molecule has 0 spiro atoms.